The molecule has 0 aromatic heterocycles. The van der Waals surface area contributed by atoms with Crippen molar-refractivity contribution < 1.29 is 19.1 Å². The van der Waals surface area contributed by atoms with Gasteiger partial charge >= 0.3 is 6.09 Å². The first kappa shape index (κ1) is 28.0. The Labute approximate surface area is 198 Å². The minimum atomic E-state index is -1.04. The standard InChI is InChI=1S/C26H39N3O4/c1-11-29(24(31)21(14-16(2)3)28-25(32)33-26(8,9)10)22(23(30)27-17(4)5)20-13-12-18(6)19(7)15-20/h1,12-13,15-17,21-22H,14H2,2-10H3,(H,27,30)(H,28,32). The van der Waals surface area contributed by atoms with Gasteiger partial charge in [0.1, 0.15) is 17.7 Å². The van der Waals surface area contributed by atoms with Crippen molar-refractivity contribution >= 4 is 17.9 Å². The van der Waals surface area contributed by atoms with Gasteiger partial charge in [-0.25, -0.2) is 4.79 Å². The number of carbonyl (C=O) groups excluding carboxylic acids is 3. The second kappa shape index (κ2) is 11.7. The van der Waals surface area contributed by atoms with E-state index in [1.807, 2.05) is 53.7 Å². The molecule has 0 radical (unpaired) electrons. The molecule has 1 aromatic carbocycles. The zero-order valence-electron chi connectivity index (χ0n) is 21.4. The molecule has 7 heteroatoms. The minimum Gasteiger partial charge on any atom is -0.444 e. The number of carbonyl (C=O) groups is 3. The molecule has 0 aliphatic heterocycles. The van der Waals surface area contributed by atoms with Crippen LogP contribution in [-0.4, -0.2) is 40.5 Å². The Balaban J connectivity index is 3.41. The van der Waals surface area contributed by atoms with E-state index in [-0.39, 0.29) is 17.9 Å². The van der Waals surface area contributed by atoms with E-state index in [0.29, 0.717) is 12.0 Å². The van der Waals surface area contributed by atoms with Gasteiger partial charge in [-0.2, -0.15) is 0 Å². The molecule has 3 amide bonds. The fourth-order valence-electron chi connectivity index (χ4n) is 3.29. The highest BCUT2D eigenvalue weighted by molar-refractivity contribution is 5.93. The molecule has 0 aliphatic rings. The van der Waals surface area contributed by atoms with Crippen LogP contribution in [0.5, 0.6) is 0 Å². The third kappa shape index (κ3) is 8.80. The van der Waals surface area contributed by atoms with Crippen LogP contribution in [0.3, 0.4) is 0 Å². The summed E-state index contributed by atoms with van der Waals surface area (Å²) in [5.74, 6) is -0.850. The first-order chi connectivity index (χ1) is 15.2. The lowest BCUT2D eigenvalue weighted by atomic mass is 9.97. The summed E-state index contributed by atoms with van der Waals surface area (Å²) in [6.07, 6.45) is 5.40. The normalized spacial score (nSPS) is 13.2. The van der Waals surface area contributed by atoms with Gasteiger partial charge in [0.2, 0.25) is 5.91 Å². The maximum absolute atomic E-state index is 13.6. The smallest absolute Gasteiger partial charge is 0.408 e. The van der Waals surface area contributed by atoms with Crippen LogP contribution in [0.4, 0.5) is 4.79 Å². The predicted molar refractivity (Wildman–Crippen MR) is 130 cm³/mol. The number of nitrogens with zero attached hydrogens (tertiary/aromatic N) is 1. The molecule has 1 aromatic rings. The molecule has 0 bridgehead atoms. The highest BCUT2D eigenvalue weighted by atomic mass is 16.6. The maximum atomic E-state index is 13.6. The molecule has 0 spiro atoms. The first-order valence-corrected chi connectivity index (χ1v) is 11.3. The van der Waals surface area contributed by atoms with Gasteiger partial charge in [0.15, 0.2) is 0 Å². The molecule has 2 N–H and O–H groups in total. The van der Waals surface area contributed by atoms with E-state index in [2.05, 4.69) is 16.7 Å². The summed E-state index contributed by atoms with van der Waals surface area (Å²) in [5, 5.41) is 5.50. The van der Waals surface area contributed by atoms with Crippen molar-refractivity contribution in [3.8, 4) is 12.5 Å². The summed E-state index contributed by atoms with van der Waals surface area (Å²) in [6.45, 7) is 16.7. The fraction of sp³-hybridized carbons (Fsp3) is 0.577. The van der Waals surface area contributed by atoms with Gasteiger partial charge in [0.05, 0.1) is 0 Å². The van der Waals surface area contributed by atoms with Gasteiger partial charge in [0.25, 0.3) is 5.91 Å². The number of aryl methyl sites for hydroxylation is 2. The second-order valence-corrected chi connectivity index (χ2v) is 10.1. The third-order valence-corrected chi connectivity index (χ3v) is 4.86. The van der Waals surface area contributed by atoms with Crippen molar-refractivity contribution in [3.05, 3.63) is 34.9 Å². The lowest BCUT2D eigenvalue weighted by molar-refractivity contribution is -0.139. The quantitative estimate of drug-likeness (QED) is 0.452. The number of benzene rings is 1. The van der Waals surface area contributed by atoms with E-state index in [0.717, 1.165) is 16.0 Å². The summed E-state index contributed by atoms with van der Waals surface area (Å²) >= 11 is 0. The van der Waals surface area contributed by atoms with Gasteiger partial charge < -0.3 is 15.4 Å². The van der Waals surface area contributed by atoms with E-state index in [1.54, 1.807) is 26.8 Å². The van der Waals surface area contributed by atoms with Gasteiger partial charge in [-0.15, -0.1) is 0 Å². The zero-order valence-corrected chi connectivity index (χ0v) is 21.4. The van der Waals surface area contributed by atoms with Crippen molar-refractivity contribution in [3.63, 3.8) is 0 Å². The number of ether oxygens (including phenoxy) is 1. The van der Waals surface area contributed by atoms with Gasteiger partial charge in [0, 0.05) is 12.1 Å². The molecule has 0 saturated heterocycles. The number of amides is 3. The lowest BCUT2D eigenvalue weighted by Gasteiger charge is -2.31. The predicted octanol–water partition coefficient (Wildman–Crippen LogP) is 4.23. The Kier molecular flexibility index (Phi) is 9.97. The maximum Gasteiger partial charge on any atom is 0.408 e. The van der Waals surface area contributed by atoms with Gasteiger partial charge in [-0.3, -0.25) is 14.5 Å². The van der Waals surface area contributed by atoms with Gasteiger partial charge in [-0.05, 0) is 77.5 Å². The Morgan fingerprint density at radius 3 is 2.12 bits per heavy atom. The number of terminal acetylenes is 1. The molecule has 0 saturated carbocycles. The molecule has 0 aliphatic carbocycles. The topological polar surface area (TPSA) is 87.7 Å². The van der Waals surface area contributed by atoms with Gasteiger partial charge in [-0.1, -0.05) is 38.5 Å². The highest BCUT2D eigenvalue weighted by Crippen LogP contribution is 2.25. The molecule has 2 atom stereocenters. The van der Waals surface area contributed by atoms with Crippen molar-refractivity contribution in [2.75, 3.05) is 0 Å². The Hall–Kier alpha value is -3.01. The molecule has 182 valence electrons. The number of rotatable bonds is 8. The molecule has 2 unspecified atom stereocenters. The second-order valence-electron chi connectivity index (χ2n) is 10.1. The molecule has 33 heavy (non-hydrogen) atoms. The van der Waals surface area contributed by atoms with Crippen molar-refractivity contribution in [1.82, 2.24) is 15.5 Å². The molecule has 1 rings (SSSR count). The monoisotopic (exact) mass is 457 g/mol. The van der Waals surface area contributed by atoms with Crippen LogP contribution >= 0.6 is 0 Å². The van der Waals surface area contributed by atoms with E-state index in [9.17, 15) is 14.4 Å². The fourth-order valence-corrected chi connectivity index (χ4v) is 3.29. The Bertz CT molecular complexity index is 894. The van der Waals surface area contributed by atoms with Crippen LogP contribution in [-0.2, 0) is 14.3 Å². The average molecular weight is 458 g/mol. The van der Waals surface area contributed by atoms with Crippen LogP contribution in [0.15, 0.2) is 18.2 Å². The molecule has 7 nitrogen and oxygen atoms in total. The van der Waals surface area contributed by atoms with Crippen LogP contribution in [0.25, 0.3) is 0 Å². The Morgan fingerprint density at radius 2 is 1.67 bits per heavy atom. The first-order valence-electron chi connectivity index (χ1n) is 11.3. The van der Waals surface area contributed by atoms with Crippen molar-refractivity contribution in [2.24, 2.45) is 5.92 Å². The van der Waals surface area contributed by atoms with Crippen LogP contribution in [0.1, 0.15) is 77.6 Å². The van der Waals surface area contributed by atoms with E-state index < -0.39 is 29.7 Å². The van der Waals surface area contributed by atoms with E-state index >= 15 is 0 Å². The summed E-state index contributed by atoms with van der Waals surface area (Å²) in [6, 6.07) is 5.80. The van der Waals surface area contributed by atoms with E-state index in [1.165, 1.54) is 0 Å². The third-order valence-electron chi connectivity index (χ3n) is 4.86. The Morgan fingerprint density at radius 1 is 1.06 bits per heavy atom. The summed E-state index contributed by atoms with van der Waals surface area (Å²) < 4.78 is 5.34. The SMILES string of the molecule is C#CN(C(=O)C(CC(C)C)NC(=O)OC(C)(C)C)C(C(=O)NC(C)C)c1ccc(C)c(C)c1. The highest BCUT2D eigenvalue weighted by Gasteiger charge is 2.36. The van der Waals surface area contributed by atoms with Crippen LogP contribution in [0, 0.1) is 32.2 Å². The van der Waals surface area contributed by atoms with Crippen molar-refractivity contribution in [2.45, 2.75) is 92.5 Å². The number of alkyl carbamates (subject to hydrolysis) is 1. The largest absolute Gasteiger partial charge is 0.444 e. The molecular formula is C26H39N3O4. The summed E-state index contributed by atoms with van der Waals surface area (Å²) in [4.78, 5) is 40.3. The van der Waals surface area contributed by atoms with E-state index in [4.69, 9.17) is 11.2 Å². The minimum absolute atomic E-state index is 0.0815. The summed E-state index contributed by atoms with van der Waals surface area (Å²) in [7, 11) is 0. The summed E-state index contributed by atoms with van der Waals surface area (Å²) in [5.41, 5.74) is 1.91. The van der Waals surface area contributed by atoms with Crippen LogP contribution < -0.4 is 10.6 Å². The van der Waals surface area contributed by atoms with Crippen molar-refractivity contribution in [1.29, 1.82) is 0 Å². The zero-order chi connectivity index (χ0) is 25.5. The average Bonchev–Trinajstić information content (AvgIpc) is 2.64. The number of hydrogen-bond donors (Lipinski definition) is 2. The lowest BCUT2D eigenvalue weighted by Crippen LogP contribution is -2.52. The number of nitrogens with one attached hydrogen (secondary N) is 2. The van der Waals surface area contributed by atoms with Crippen LogP contribution in [0.2, 0.25) is 0 Å². The molecule has 0 heterocycles. The molecule has 0 fully saturated rings. The molecular weight excluding hydrogens is 418 g/mol. The number of hydrogen-bond acceptors (Lipinski definition) is 4.